The summed E-state index contributed by atoms with van der Waals surface area (Å²) in [5.74, 6) is 0.0997. The zero-order valence-corrected chi connectivity index (χ0v) is 23.1. The zero-order chi connectivity index (χ0) is 26.0. The summed E-state index contributed by atoms with van der Waals surface area (Å²) in [5.41, 5.74) is -0.792. The van der Waals surface area contributed by atoms with E-state index < -0.39 is 11.2 Å². The average Bonchev–Trinajstić information content (AvgIpc) is 2.89. The number of carbonyl (C=O) groups excluding carboxylic acids is 1. The largest absolute Gasteiger partial charge is 0.390 e. The van der Waals surface area contributed by atoms with Crippen molar-refractivity contribution in [3.8, 4) is 0 Å². The van der Waals surface area contributed by atoms with E-state index in [4.69, 9.17) is 16.3 Å². The summed E-state index contributed by atoms with van der Waals surface area (Å²) in [6.45, 7) is 1.96. The van der Waals surface area contributed by atoms with Crippen LogP contribution in [0.5, 0.6) is 0 Å². The molecule has 1 saturated carbocycles. The van der Waals surface area contributed by atoms with Gasteiger partial charge in [0.25, 0.3) is 0 Å². The number of carbonyl (C=O) groups is 1. The van der Waals surface area contributed by atoms with Gasteiger partial charge in [0.05, 0.1) is 11.2 Å². The molecule has 1 aliphatic heterocycles. The number of methoxy groups -OCH3 is 1. The lowest BCUT2D eigenvalue weighted by molar-refractivity contribution is -0.137. The lowest BCUT2D eigenvalue weighted by atomic mass is 9.74. The van der Waals surface area contributed by atoms with Crippen LogP contribution in [0.4, 0.5) is 0 Å². The molecule has 1 saturated heterocycles. The normalized spacial score (nSPS) is 22.7. The first kappa shape index (κ1) is 29.4. The highest BCUT2D eigenvalue weighted by Gasteiger charge is 2.41. The summed E-state index contributed by atoms with van der Waals surface area (Å²) < 4.78 is 5.21. The van der Waals surface area contributed by atoms with E-state index in [0.29, 0.717) is 43.9 Å². The first-order chi connectivity index (χ1) is 17.3. The predicted molar refractivity (Wildman–Crippen MR) is 145 cm³/mol. The second-order valence-corrected chi connectivity index (χ2v) is 11.5. The van der Waals surface area contributed by atoms with E-state index >= 15 is 0 Å². The number of rotatable bonds is 13. The molecule has 0 spiro atoms. The van der Waals surface area contributed by atoms with Gasteiger partial charge >= 0.3 is 0 Å². The zero-order valence-electron chi connectivity index (χ0n) is 22.3. The highest BCUT2D eigenvalue weighted by molar-refractivity contribution is 6.30. The molecule has 2 aliphatic rings. The number of aliphatic hydroxyl groups is 2. The maximum absolute atomic E-state index is 13.3. The first-order valence-corrected chi connectivity index (χ1v) is 14.3. The van der Waals surface area contributed by atoms with Gasteiger partial charge in [0, 0.05) is 50.2 Å². The van der Waals surface area contributed by atoms with Gasteiger partial charge in [-0.2, -0.15) is 0 Å². The van der Waals surface area contributed by atoms with Crippen LogP contribution in [-0.2, 0) is 15.1 Å². The molecule has 204 valence electrons. The van der Waals surface area contributed by atoms with Crippen molar-refractivity contribution in [1.82, 2.24) is 10.2 Å². The molecule has 6 nitrogen and oxygen atoms in total. The number of ether oxygens (including phenoxy) is 1. The Morgan fingerprint density at radius 1 is 1.28 bits per heavy atom. The van der Waals surface area contributed by atoms with Gasteiger partial charge in [0.15, 0.2) is 0 Å². The summed E-state index contributed by atoms with van der Waals surface area (Å²) in [5, 5.41) is 26.9. The Balaban J connectivity index is 1.62. The lowest BCUT2D eigenvalue weighted by Gasteiger charge is -2.43. The van der Waals surface area contributed by atoms with Crippen LogP contribution in [0.3, 0.4) is 0 Å². The number of unbranched alkanes of at least 4 members (excludes halogenated alkanes) is 1. The Labute approximate surface area is 222 Å². The Hall–Kier alpha value is -1.18. The van der Waals surface area contributed by atoms with Crippen LogP contribution in [0.2, 0.25) is 5.02 Å². The van der Waals surface area contributed by atoms with Crippen molar-refractivity contribution < 1.29 is 19.7 Å². The summed E-state index contributed by atoms with van der Waals surface area (Å²) in [6.07, 6.45) is 11.1. The molecule has 1 aromatic rings. The Bertz CT molecular complexity index is 816. The monoisotopic (exact) mass is 522 g/mol. The molecule has 1 amide bonds. The van der Waals surface area contributed by atoms with E-state index in [1.807, 2.05) is 36.2 Å². The third-order valence-corrected chi connectivity index (χ3v) is 8.69. The minimum absolute atomic E-state index is 0.0424. The molecule has 3 rings (SSSR count). The highest BCUT2D eigenvalue weighted by Crippen LogP contribution is 2.40. The van der Waals surface area contributed by atoms with Gasteiger partial charge in [-0.3, -0.25) is 4.79 Å². The second kappa shape index (κ2) is 14.1. The Morgan fingerprint density at radius 3 is 2.75 bits per heavy atom. The third kappa shape index (κ3) is 8.16. The predicted octanol–water partition coefficient (Wildman–Crippen LogP) is 5.04. The molecule has 1 heterocycles. The van der Waals surface area contributed by atoms with Crippen molar-refractivity contribution in [1.29, 1.82) is 0 Å². The molecule has 0 radical (unpaired) electrons. The number of halogens is 1. The minimum Gasteiger partial charge on any atom is -0.390 e. The third-order valence-electron chi connectivity index (χ3n) is 8.46. The van der Waals surface area contributed by atoms with Gasteiger partial charge in [-0.15, -0.1) is 0 Å². The number of benzene rings is 1. The van der Waals surface area contributed by atoms with Crippen LogP contribution < -0.4 is 5.32 Å². The summed E-state index contributed by atoms with van der Waals surface area (Å²) in [4.78, 5) is 15.2. The average molecular weight is 523 g/mol. The molecule has 0 bridgehead atoms. The fourth-order valence-electron chi connectivity index (χ4n) is 6.25. The van der Waals surface area contributed by atoms with Gasteiger partial charge in [-0.25, -0.2) is 0 Å². The van der Waals surface area contributed by atoms with Crippen LogP contribution in [0.15, 0.2) is 24.3 Å². The van der Waals surface area contributed by atoms with E-state index in [9.17, 15) is 15.0 Å². The second-order valence-electron chi connectivity index (χ2n) is 11.1. The summed E-state index contributed by atoms with van der Waals surface area (Å²) >= 11 is 6.30. The molecule has 2 fully saturated rings. The van der Waals surface area contributed by atoms with Crippen molar-refractivity contribution >= 4 is 17.5 Å². The number of amides is 1. The molecular weight excluding hydrogens is 476 g/mol. The van der Waals surface area contributed by atoms with Crippen LogP contribution in [0.1, 0.15) is 89.0 Å². The maximum atomic E-state index is 13.3. The van der Waals surface area contributed by atoms with Crippen molar-refractivity contribution in [2.24, 2.45) is 5.92 Å². The van der Waals surface area contributed by atoms with Gasteiger partial charge < -0.3 is 25.2 Å². The van der Waals surface area contributed by atoms with E-state index in [2.05, 4.69) is 5.32 Å². The van der Waals surface area contributed by atoms with Crippen LogP contribution in [0.25, 0.3) is 0 Å². The van der Waals surface area contributed by atoms with E-state index in [1.54, 1.807) is 7.11 Å². The molecule has 3 N–H and O–H groups in total. The molecule has 0 aromatic heterocycles. The fourth-order valence-corrected chi connectivity index (χ4v) is 6.44. The molecule has 36 heavy (non-hydrogen) atoms. The number of hydrogen-bond acceptors (Lipinski definition) is 5. The lowest BCUT2D eigenvalue weighted by Crippen LogP contribution is -2.48. The van der Waals surface area contributed by atoms with Gasteiger partial charge in [-0.1, -0.05) is 43.0 Å². The Kier molecular flexibility index (Phi) is 11.5. The molecule has 1 aliphatic carbocycles. The molecule has 1 aromatic carbocycles. The maximum Gasteiger partial charge on any atom is 0.222 e. The van der Waals surface area contributed by atoms with Crippen LogP contribution >= 0.6 is 11.6 Å². The number of nitrogens with zero attached hydrogens (tertiary/aromatic N) is 1. The molecule has 1 unspecified atom stereocenters. The number of hydrogen-bond donors (Lipinski definition) is 3. The van der Waals surface area contributed by atoms with Crippen LogP contribution in [-0.4, -0.2) is 66.5 Å². The summed E-state index contributed by atoms with van der Waals surface area (Å²) in [7, 11) is 3.62. The fraction of sp³-hybridized carbons (Fsp3) is 0.759. The highest BCUT2D eigenvalue weighted by atomic mass is 35.5. The Morgan fingerprint density at radius 2 is 2.06 bits per heavy atom. The SMILES string of the molecule is CNC(CCC(=O)N1CCC[C@@H]([C@@](O)(CCCCOC)c2cccc(Cl)c2)C1)CC1(O)CCCCC1. The van der Waals surface area contributed by atoms with Crippen molar-refractivity contribution in [3.05, 3.63) is 34.9 Å². The topological polar surface area (TPSA) is 82.0 Å². The standard InChI is InChI=1S/C29H47ClN2O4/c1-31-26(21-28(34)15-4-3-5-16-28)13-14-27(33)32-18-9-11-24(22-32)29(35,17-6-7-19-36-2)23-10-8-12-25(30)20-23/h8,10,12,20,24,26,31,34-35H,3-7,9,11,13-19,21-22H2,1-2H3/t24-,26?,29-/m1/s1. The summed E-state index contributed by atoms with van der Waals surface area (Å²) in [6, 6.07) is 7.67. The molecule has 3 atom stereocenters. The number of piperidine rings is 1. The minimum atomic E-state index is -1.03. The van der Waals surface area contributed by atoms with Gasteiger partial charge in [-0.05, 0) is 82.5 Å². The number of likely N-dealkylation sites (tertiary alicyclic amines) is 1. The van der Waals surface area contributed by atoms with Crippen LogP contribution in [0, 0.1) is 5.92 Å². The van der Waals surface area contributed by atoms with E-state index in [1.165, 1.54) is 6.42 Å². The smallest absolute Gasteiger partial charge is 0.222 e. The van der Waals surface area contributed by atoms with Crippen molar-refractivity contribution in [2.45, 2.75) is 101 Å². The van der Waals surface area contributed by atoms with Gasteiger partial charge in [0.2, 0.25) is 5.91 Å². The van der Waals surface area contributed by atoms with Gasteiger partial charge in [0.1, 0.15) is 0 Å². The van der Waals surface area contributed by atoms with Crippen molar-refractivity contribution in [2.75, 3.05) is 33.9 Å². The quantitative estimate of drug-likeness (QED) is 0.316. The van der Waals surface area contributed by atoms with E-state index in [-0.39, 0.29) is 17.9 Å². The van der Waals surface area contributed by atoms with E-state index in [0.717, 1.165) is 63.5 Å². The molecule has 7 heteroatoms. The first-order valence-electron chi connectivity index (χ1n) is 13.9. The molecular formula is C29H47ClN2O4. The number of nitrogens with one attached hydrogen (secondary N) is 1. The van der Waals surface area contributed by atoms with Crippen molar-refractivity contribution in [3.63, 3.8) is 0 Å².